The molecule has 1 heterocycles. The number of hydrogen-bond acceptors (Lipinski definition) is 3. The normalized spacial score (nSPS) is 20.1. The summed E-state index contributed by atoms with van der Waals surface area (Å²) in [5.74, 6) is -0.0880. The predicted molar refractivity (Wildman–Crippen MR) is 62.3 cm³/mol. The Hall–Kier alpha value is -1.71. The second kappa shape index (κ2) is 4.65. The fourth-order valence-corrected chi connectivity index (χ4v) is 2.09. The maximum absolute atomic E-state index is 11.2. The summed E-state index contributed by atoms with van der Waals surface area (Å²) in [5, 5.41) is 9.21. The van der Waals surface area contributed by atoms with Gasteiger partial charge in [0.25, 0.3) is 0 Å². The Morgan fingerprint density at radius 2 is 2.00 bits per heavy atom. The lowest BCUT2D eigenvalue weighted by Crippen LogP contribution is -2.42. The molecule has 0 saturated carbocycles. The Morgan fingerprint density at radius 3 is 2.59 bits per heavy atom. The van der Waals surface area contributed by atoms with Gasteiger partial charge < -0.3 is 14.6 Å². The molecule has 1 aromatic rings. The summed E-state index contributed by atoms with van der Waals surface area (Å²) in [4.78, 5) is 11.2. The molecular formula is C13H16O4. The first kappa shape index (κ1) is 11.8. The van der Waals surface area contributed by atoms with Crippen LogP contribution in [0.25, 0.3) is 0 Å². The van der Waals surface area contributed by atoms with Crippen molar-refractivity contribution in [1.82, 2.24) is 0 Å². The number of aliphatic carboxylic acids is 1. The monoisotopic (exact) mass is 236 g/mol. The minimum absolute atomic E-state index is 0.00589. The average Bonchev–Trinajstić information content (AvgIpc) is 2.28. The third-order valence-corrected chi connectivity index (χ3v) is 2.93. The van der Waals surface area contributed by atoms with Crippen molar-refractivity contribution in [2.45, 2.75) is 20.0 Å². The van der Waals surface area contributed by atoms with E-state index in [4.69, 9.17) is 9.47 Å². The number of para-hydroxylation sites is 2. The van der Waals surface area contributed by atoms with Crippen molar-refractivity contribution in [2.24, 2.45) is 11.8 Å². The van der Waals surface area contributed by atoms with Crippen LogP contribution in [0.5, 0.6) is 11.5 Å². The summed E-state index contributed by atoms with van der Waals surface area (Å²) in [6.45, 7) is 4.04. The van der Waals surface area contributed by atoms with Crippen molar-refractivity contribution in [1.29, 1.82) is 0 Å². The van der Waals surface area contributed by atoms with Gasteiger partial charge in [-0.3, -0.25) is 4.79 Å². The van der Waals surface area contributed by atoms with Crippen molar-refractivity contribution in [3.63, 3.8) is 0 Å². The van der Waals surface area contributed by atoms with E-state index in [1.807, 2.05) is 32.0 Å². The van der Waals surface area contributed by atoms with Gasteiger partial charge in [0, 0.05) is 0 Å². The van der Waals surface area contributed by atoms with Gasteiger partial charge in [-0.25, -0.2) is 0 Å². The molecule has 4 heteroatoms. The maximum atomic E-state index is 11.2. The van der Waals surface area contributed by atoms with Crippen LogP contribution in [0.3, 0.4) is 0 Å². The Balaban J connectivity index is 2.19. The Kier molecular flexibility index (Phi) is 3.22. The van der Waals surface area contributed by atoms with Crippen molar-refractivity contribution in [3.05, 3.63) is 24.3 Å². The van der Waals surface area contributed by atoms with E-state index in [2.05, 4.69) is 0 Å². The Labute approximate surface area is 100 Å². The summed E-state index contributed by atoms with van der Waals surface area (Å²) in [5.41, 5.74) is 0. The molecule has 0 bridgehead atoms. The van der Waals surface area contributed by atoms with Gasteiger partial charge in [0.05, 0.1) is 5.92 Å². The minimum atomic E-state index is -0.840. The Morgan fingerprint density at radius 1 is 1.35 bits per heavy atom. The highest BCUT2D eigenvalue weighted by Gasteiger charge is 2.35. The van der Waals surface area contributed by atoms with E-state index in [9.17, 15) is 9.90 Å². The topological polar surface area (TPSA) is 55.8 Å². The van der Waals surface area contributed by atoms with E-state index < -0.39 is 18.0 Å². The van der Waals surface area contributed by atoms with E-state index in [0.717, 1.165) is 0 Å². The highest BCUT2D eigenvalue weighted by Crippen LogP contribution is 2.34. The molecule has 92 valence electrons. The molecule has 0 amide bonds. The zero-order valence-corrected chi connectivity index (χ0v) is 9.92. The van der Waals surface area contributed by atoms with E-state index in [-0.39, 0.29) is 12.5 Å². The van der Waals surface area contributed by atoms with Gasteiger partial charge in [0.15, 0.2) is 11.5 Å². The lowest BCUT2D eigenvalue weighted by Gasteiger charge is -2.31. The van der Waals surface area contributed by atoms with Crippen molar-refractivity contribution in [2.75, 3.05) is 6.61 Å². The van der Waals surface area contributed by atoms with Crippen LogP contribution in [-0.4, -0.2) is 23.8 Å². The van der Waals surface area contributed by atoms with Gasteiger partial charge in [-0.15, -0.1) is 0 Å². The van der Waals surface area contributed by atoms with Gasteiger partial charge in [-0.2, -0.15) is 0 Å². The van der Waals surface area contributed by atoms with Crippen LogP contribution in [0, 0.1) is 11.8 Å². The molecule has 0 spiro atoms. The molecule has 2 unspecified atom stereocenters. The third-order valence-electron chi connectivity index (χ3n) is 2.93. The average molecular weight is 236 g/mol. The molecule has 4 nitrogen and oxygen atoms in total. The Bertz CT molecular complexity index is 414. The molecule has 2 rings (SSSR count). The first-order chi connectivity index (χ1) is 8.09. The number of carboxylic acids is 1. The standard InChI is InChI=1S/C13H16O4/c1-8(2)12(13(14)15)11-7-16-9-5-3-4-6-10(9)17-11/h3-6,8,11-12H,7H2,1-2H3,(H,14,15). The van der Waals surface area contributed by atoms with Crippen LogP contribution in [-0.2, 0) is 4.79 Å². The number of ether oxygens (including phenoxy) is 2. The quantitative estimate of drug-likeness (QED) is 0.874. The highest BCUT2D eigenvalue weighted by atomic mass is 16.6. The van der Waals surface area contributed by atoms with Crippen LogP contribution in [0.2, 0.25) is 0 Å². The zero-order valence-electron chi connectivity index (χ0n) is 9.92. The SMILES string of the molecule is CC(C)C(C(=O)O)C1COc2ccccc2O1. The molecule has 0 aliphatic carbocycles. The molecule has 0 aromatic heterocycles. The lowest BCUT2D eigenvalue weighted by molar-refractivity contribution is -0.148. The molecule has 0 saturated heterocycles. The number of benzene rings is 1. The zero-order chi connectivity index (χ0) is 12.4. The summed E-state index contributed by atoms with van der Waals surface area (Å²) in [6, 6.07) is 7.31. The van der Waals surface area contributed by atoms with Crippen molar-refractivity contribution >= 4 is 5.97 Å². The third kappa shape index (κ3) is 2.35. The predicted octanol–water partition coefficient (Wildman–Crippen LogP) is 2.18. The van der Waals surface area contributed by atoms with E-state index >= 15 is 0 Å². The molecule has 1 aliphatic rings. The van der Waals surface area contributed by atoms with Crippen LogP contribution in [0.1, 0.15) is 13.8 Å². The summed E-state index contributed by atoms with van der Waals surface area (Å²) in [6.07, 6.45) is -0.428. The number of carboxylic acid groups (broad SMARTS) is 1. The lowest BCUT2D eigenvalue weighted by atomic mass is 9.90. The number of carbonyl (C=O) groups is 1. The molecule has 17 heavy (non-hydrogen) atoms. The van der Waals surface area contributed by atoms with E-state index in [1.165, 1.54) is 0 Å². The number of rotatable bonds is 3. The summed E-state index contributed by atoms with van der Waals surface area (Å²) in [7, 11) is 0. The van der Waals surface area contributed by atoms with Gasteiger partial charge >= 0.3 is 5.97 Å². The van der Waals surface area contributed by atoms with Gasteiger partial charge in [-0.1, -0.05) is 26.0 Å². The van der Waals surface area contributed by atoms with Crippen molar-refractivity contribution in [3.8, 4) is 11.5 Å². The number of hydrogen-bond donors (Lipinski definition) is 1. The molecule has 0 radical (unpaired) electrons. The summed E-state index contributed by atoms with van der Waals surface area (Å²) < 4.78 is 11.2. The van der Waals surface area contributed by atoms with Gasteiger partial charge in [0.1, 0.15) is 12.7 Å². The second-order valence-corrected chi connectivity index (χ2v) is 4.52. The fraction of sp³-hybridized carbons (Fsp3) is 0.462. The first-order valence-electron chi connectivity index (χ1n) is 5.71. The minimum Gasteiger partial charge on any atom is -0.486 e. The molecule has 1 aliphatic heterocycles. The van der Waals surface area contributed by atoms with E-state index in [1.54, 1.807) is 6.07 Å². The molecule has 1 N–H and O–H groups in total. The first-order valence-corrected chi connectivity index (χ1v) is 5.71. The molecule has 2 atom stereocenters. The maximum Gasteiger partial charge on any atom is 0.310 e. The number of fused-ring (bicyclic) bond motifs is 1. The smallest absolute Gasteiger partial charge is 0.310 e. The second-order valence-electron chi connectivity index (χ2n) is 4.52. The van der Waals surface area contributed by atoms with Gasteiger partial charge in [-0.05, 0) is 18.1 Å². The largest absolute Gasteiger partial charge is 0.486 e. The molecule has 1 aromatic carbocycles. The molecular weight excluding hydrogens is 220 g/mol. The van der Waals surface area contributed by atoms with Crippen molar-refractivity contribution < 1.29 is 19.4 Å². The van der Waals surface area contributed by atoms with E-state index in [0.29, 0.717) is 11.5 Å². The van der Waals surface area contributed by atoms with Gasteiger partial charge in [0.2, 0.25) is 0 Å². The fourth-order valence-electron chi connectivity index (χ4n) is 2.09. The van der Waals surface area contributed by atoms with Crippen LogP contribution in [0.15, 0.2) is 24.3 Å². The highest BCUT2D eigenvalue weighted by molar-refractivity contribution is 5.71. The van der Waals surface area contributed by atoms with Crippen LogP contribution >= 0.6 is 0 Å². The molecule has 0 fully saturated rings. The summed E-state index contributed by atoms with van der Waals surface area (Å²) >= 11 is 0. The van der Waals surface area contributed by atoms with Crippen LogP contribution < -0.4 is 9.47 Å². The van der Waals surface area contributed by atoms with Crippen LogP contribution in [0.4, 0.5) is 0 Å².